The average Bonchev–Trinajstić information content (AvgIpc) is 3.27. The number of carbonyl (C=O) groups is 6. The van der Waals surface area contributed by atoms with Crippen LogP contribution in [0.1, 0.15) is 109 Å². The van der Waals surface area contributed by atoms with E-state index in [4.69, 9.17) is 28.4 Å². The number of benzene rings is 3. The Morgan fingerprint density at radius 3 is 1.26 bits per heavy atom. The number of aromatic nitrogens is 1. The van der Waals surface area contributed by atoms with Crippen molar-refractivity contribution in [2.24, 2.45) is 0 Å². The maximum Gasteiger partial charge on any atom is 0.408 e. The maximum atomic E-state index is 13.8. The van der Waals surface area contributed by atoms with Gasteiger partial charge in [0.25, 0.3) is 0 Å². The number of rotatable bonds is 21. The molecule has 17 nitrogen and oxygen atoms in total. The number of nitrogens with one attached hydrogen (secondary N) is 3. The highest BCUT2D eigenvalue weighted by atomic mass is 16.6. The molecule has 0 radical (unpaired) electrons. The number of aromatic hydroxyl groups is 1. The van der Waals surface area contributed by atoms with Crippen molar-refractivity contribution < 1.29 is 66.9 Å². The van der Waals surface area contributed by atoms with Gasteiger partial charge in [-0.2, -0.15) is 0 Å². The van der Waals surface area contributed by atoms with Gasteiger partial charge in [-0.3, -0.25) is 0 Å². The molecule has 0 bridgehead atoms. The van der Waals surface area contributed by atoms with Crippen LogP contribution in [0.4, 0.5) is 14.4 Å². The molecule has 3 atom stereocenters. The Hall–Kier alpha value is -7.17. The van der Waals surface area contributed by atoms with Crippen LogP contribution in [-0.2, 0) is 82.0 Å². The summed E-state index contributed by atoms with van der Waals surface area (Å²) in [4.78, 5) is 80.2. The third-order valence-electron chi connectivity index (χ3n) is 9.91. The average molecular weight is 970 g/mol. The number of aryl methyl sites for hydroxylation is 2. The standard InChI is InChI=1S/C53H68N4O13/c1-51(2,3)68-45(59)41(54-48(62)65-33-36-20-13-10-14-21-36)26-19-29-57-31-39(27-28-42(46(60)69-52(4,5)6)55-49(63)66-34-37-22-15-11-16-23-37)40(44(58)32-57)30-43(47(61)70-53(7,8)9)56-50(64)67-35-38-24-17-12-18-25-38/h10-18,20-25,31-32,41-43H,19,26-30,33-35H2,1-9H3,(H3-,54,55,56,58,62,63,64)/p+1/t41-,42-,43-/m0/s1. The zero-order chi connectivity index (χ0) is 51.5. The van der Waals surface area contributed by atoms with Gasteiger partial charge in [-0.25, -0.2) is 33.3 Å². The highest BCUT2D eigenvalue weighted by molar-refractivity contribution is 5.83. The van der Waals surface area contributed by atoms with E-state index in [1.165, 1.54) is 6.20 Å². The predicted molar refractivity (Wildman–Crippen MR) is 258 cm³/mol. The van der Waals surface area contributed by atoms with E-state index in [1.807, 2.05) is 30.3 Å². The molecule has 0 spiro atoms. The van der Waals surface area contributed by atoms with E-state index in [0.717, 1.165) is 11.1 Å². The summed E-state index contributed by atoms with van der Waals surface area (Å²) in [5.74, 6) is -2.49. The Morgan fingerprint density at radius 2 is 0.871 bits per heavy atom. The topological polar surface area (TPSA) is 218 Å². The normalized spacial score (nSPS) is 12.8. The maximum absolute atomic E-state index is 13.8. The molecule has 0 saturated heterocycles. The fourth-order valence-electron chi connectivity index (χ4n) is 6.81. The minimum atomic E-state index is -1.36. The molecule has 4 aromatic rings. The lowest BCUT2D eigenvalue weighted by Crippen LogP contribution is -2.46. The molecule has 0 fully saturated rings. The van der Waals surface area contributed by atoms with Crippen molar-refractivity contribution >= 4 is 36.2 Å². The summed E-state index contributed by atoms with van der Waals surface area (Å²) >= 11 is 0. The summed E-state index contributed by atoms with van der Waals surface area (Å²) < 4.78 is 35.0. The van der Waals surface area contributed by atoms with Crippen LogP contribution in [0.25, 0.3) is 0 Å². The highest BCUT2D eigenvalue weighted by Gasteiger charge is 2.33. The molecular weight excluding hydrogens is 901 g/mol. The molecule has 1 aromatic heterocycles. The first-order valence-electron chi connectivity index (χ1n) is 23.3. The van der Waals surface area contributed by atoms with E-state index in [0.29, 0.717) is 11.1 Å². The van der Waals surface area contributed by atoms with Crippen molar-refractivity contribution in [1.29, 1.82) is 0 Å². The second-order valence-corrected chi connectivity index (χ2v) is 19.6. The fourth-order valence-corrected chi connectivity index (χ4v) is 6.81. The molecule has 0 unspecified atom stereocenters. The first kappa shape index (κ1) is 55.4. The molecule has 1 heterocycles. The van der Waals surface area contributed by atoms with Gasteiger partial charge in [0.05, 0.1) is 0 Å². The van der Waals surface area contributed by atoms with Gasteiger partial charge in [0.15, 0.2) is 11.9 Å². The monoisotopic (exact) mass is 969 g/mol. The number of pyridine rings is 1. The Labute approximate surface area is 410 Å². The molecule has 0 aliphatic carbocycles. The van der Waals surface area contributed by atoms with Gasteiger partial charge in [-0.15, -0.1) is 0 Å². The van der Waals surface area contributed by atoms with Gasteiger partial charge < -0.3 is 49.5 Å². The number of alkyl carbamates (subject to hydrolysis) is 3. The lowest BCUT2D eigenvalue weighted by Gasteiger charge is -2.26. The largest absolute Gasteiger partial charge is 0.503 e. The van der Waals surface area contributed by atoms with Crippen molar-refractivity contribution in [1.82, 2.24) is 16.0 Å². The van der Waals surface area contributed by atoms with E-state index in [9.17, 15) is 33.9 Å². The zero-order valence-corrected chi connectivity index (χ0v) is 41.7. The summed E-state index contributed by atoms with van der Waals surface area (Å²) in [6.45, 7) is 15.3. The van der Waals surface area contributed by atoms with Gasteiger partial charge in [0, 0.05) is 24.0 Å². The molecule has 4 N–H and O–H groups in total. The zero-order valence-electron chi connectivity index (χ0n) is 41.7. The van der Waals surface area contributed by atoms with Gasteiger partial charge in [-0.1, -0.05) is 91.0 Å². The van der Waals surface area contributed by atoms with Crippen LogP contribution < -0.4 is 20.5 Å². The van der Waals surface area contributed by atoms with E-state index in [2.05, 4.69) is 16.0 Å². The first-order valence-corrected chi connectivity index (χ1v) is 23.3. The predicted octanol–water partition coefficient (Wildman–Crippen LogP) is 7.85. The molecule has 17 heteroatoms. The van der Waals surface area contributed by atoms with Crippen molar-refractivity contribution in [3.63, 3.8) is 0 Å². The SMILES string of the molecule is CC(C)(C)OC(=O)[C@H](CCC[n+]1cc(O)c(C[C@H](NC(=O)OCc2ccccc2)C(=O)OC(C)(C)C)c(CC[C@H](NC(=O)OCc2ccccc2)C(=O)OC(C)(C)C)c1)NC(=O)OCc1ccccc1. The Morgan fingerprint density at radius 1 is 0.514 bits per heavy atom. The second-order valence-electron chi connectivity index (χ2n) is 19.6. The summed E-state index contributed by atoms with van der Waals surface area (Å²) in [5.41, 5.74) is 0.116. The lowest BCUT2D eigenvalue weighted by molar-refractivity contribution is -0.698. The smallest absolute Gasteiger partial charge is 0.408 e. The number of amides is 3. The van der Waals surface area contributed by atoms with Crippen molar-refractivity contribution in [2.45, 2.75) is 156 Å². The lowest BCUT2D eigenvalue weighted by atomic mass is 9.96. The molecule has 0 aliphatic heterocycles. The second kappa shape index (κ2) is 26.0. The molecule has 3 aromatic carbocycles. The van der Waals surface area contributed by atoms with Gasteiger partial charge in [0.2, 0.25) is 6.20 Å². The number of hydrogen-bond donors (Lipinski definition) is 4. The van der Waals surface area contributed by atoms with Crippen LogP contribution in [0.2, 0.25) is 0 Å². The number of nitrogens with zero attached hydrogens (tertiary/aromatic N) is 1. The summed E-state index contributed by atoms with van der Waals surface area (Å²) in [7, 11) is 0. The van der Waals surface area contributed by atoms with Crippen molar-refractivity contribution in [3.8, 4) is 5.75 Å². The summed E-state index contributed by atoms with van der Waals surface area (Å²) in [6.07, 6.45) is 0.571. The number of carbonyl (C=O) groups excluding carboxylic acids is 6. The van der Waals surface area contributed by atoms with Crippen molar-refractivity contribution in [3.05, 3.63) is 131 Å². The molecule has 0 aliphatic rings. The van der Waals surface area contributed by atoms with Crippen LogP contribution in [-0.4, -0.2) is 76.2 Å². The third kappa shape index (κ3) is 21.0. The van der Waals surface area contributed by atoms with Crippen LogP contribution in [0, 0.1) is 0 Å². The van der Waals surface area contributed by atoms with E-state index in [1.54, 1.807) is 134 Å². The van der Waals surface area contributed by atoms with Gasteiger partial charge in [0.1, 0.15) is 61.3 Å². The molecule has 378 valence electrons. The number of ether oxygens (including phenoxy) is 6. The van der Waals surface area contributed by atoms with Crippen LogP contribution in [0.5, 0.6) is 5.75 Å². The minimum absolute atomic E-state index is 0.0153. The number of hydrogen-bond acceptors (Lipinski definition) is 13. The quantitative estimate of drug-likeness (QED) is 0.0356. The Balaban J connectivity index is 1.65. The van der Waals surface area contributed by atoms with E-state index >= 15 is 0 Å². The fraction of sp³-hybridized carbons (Fsp3) is 0.453. The third-order valence-corrected chi connectivity index (χ3v) is 9.91. The van der Waals surface area contributed by atoms with Crippen LogP contribution in [0.3, 0.4) is 0 Å². The van der Waals surface area contributed by atoms with Crippen LogP contribution >= 0.6 is 0 Å². The highest BCUT2D eigenvalue weighted by Crippen LogP contribution is 2.25. The van der Waals surface area contributed by atoms with Gasteiger partial charge >= 0.3 is 36.2 Å². The molecule has 4 rings (SSSR count). The van der Waals surface area contributed by atoms with Crippen molar-refractivity contribution in [2.75, 3.05) is 0 Å². The molecule has 70 heavy (non-hydrogen) atoms. The Bertz CT molecular complexity index is 2340. The minimum Gasteiger partial charge on any atom is -0.503 e. The number of esters is 3. The van der Waals surface area contributed by atoms with E-state index < -0.39 is 71.1 Å². The van der Waals surface area contributed by atoms with E-state index in [-0.39, 0.29) is 69.8 Å². The summed E-state index contributed by atoms with van der Waals surface area (Å²) in [6, 6.07) is 23.3. The Kier molecular flexibility index (Phi) is 20.6. The molecule has 0 saturated carbocycles. The molecular formula is C53H69N4O13+. The van der Waals surface area contributed by atoms with Crippen LogP contribution in [0.15, 0.2) is 103 Å². The molecule has 3 amide bonds. The first-order chi connectivity index (χ1) is 32.9. The summed E-state index contributed by atoms with van der Waals surface area (Å²) in [5, 5.41) is 19.7. The van der Waals surface area contributed by atoms with Gasteiger partial charge in [-0.05, 0) is 98.3 Å².